The molecule has 0 radical (unpaired) electrons. The maximum Gasteiger partial charge on any atom is 0.339 e. The smallest absolute Gasteiger partial charge is 0.339 e. The molecule has 2 aromatic carbocycles. The minimum absolute atomic E-state index is 0.207. The lowest BCUT2D eigenvalue weighted by atomic mass is 10.1. The Morgan fingerprint density at radius 2 is 1.79 bits per heavy atom. The van der Waals surface area contributed by atoms with E-state index in [1.807, 2.05) is 0 Å². The Bertz CT molecular complexity index is 981. The summed E-state index contributed by atoms with van der Waals surface area (Å²) in [6.45, 7) is -0.492. The fraction of sp³-hybridized carbons (Fsp3) is 0.100. The van der Waals surface area contributed by atoms with Crippen molar-refractivity contribution in [3.63, 3.8) is 0 Å². The summed E-state index contributed by atoms with van der Waals surface area (Å²) in [4.78, 5) is 43.0. The zero-order valence-corrected chi connectivity index (χ0v) is 15.0. The maximum atomic E-state index is 12.1. The number of carbonyl (C=O) groups is 3. The number of imidazole rings is 1. The highest BCUT2D eigenvalue weighted by molar-refractivity contribution is 6.02. The summed E-state index contributed by atoms with van der Waals surface area (Å²) in [6, 6.07) is 13.0. The first-order valence-corrected chi connectivity index (χ1v) is 8.32. The topological polar surface area (TPSA) is 110 Å². The van der Waals surface area contributed by atoms with Crippen LogP contribution in [0, 0.1) is 0 Å². The molecule has 8 nitrogen and oxygen atoms in total. The van der Waals surface area contributed by atoms with Crippen molar-refractivity contribution in [1.29, 1.82) is 0 Å². The molecule has 2 N–H and O–H groups in total. The van der Waals surface area contributed by atoms with Crippen molar-refractivity contribution in [2.24, 2.45) is 0 Å². The monoisotopic (exact) mass is 379 g/mol. The molecular weight excluding hydrogens is 362 g/mol. The molecule has 0 aliphatic carbocycles. The number of methoxy groups -OCH3 is 1. The van der Waals surface area contributed by atoms with E-state index in [4.69, 9.17) is 4.74 Å². The van der Waals surface area contributed by atoms with E-state index in [2.05, 4.69) is 20.0 Å². The first-order valence-electron chi connectivity index (χ1n) is 8.32. The van der Waals surface area contributed by atoms with Crippen LogP contribution < -0.4 is 5.32 Å². The van der Waals surface area contributed by atoms with Crippen molar-refractivity contribution in [1.82, 2.24) is 9.97 Å². The fourth-order valence-electron chi connectivity index (χ4n) is 2.47. The first-order chi connectivity index (χ1) is 13.6. The number of nitrogens with one attached hydrogen (secondary N) is 2. The van der Waals surface area contributed by atoms with Crippen LogP contribution >= 0.6 is 0 Å². The third kappa shape index (κ3) is 4.42. The average Bonchev–Trinajstić information content (AvgIpc) is 3.27. The number of hydrogen-bond acceptors (Lipinski definition) is 6. The molecule has 0 unspecified atom stereocenters. The van der Waals surface area contributed by atoms with E-state index in [0.29, 0.717) is 11.4 Å². The number of ether oxygens (including phenoxy) is 2. The summed E-state index contributed by atoms with van der Waals surface area (Å²) in [7, 11) is 1.25. The van der Waals surface area contributed by atoms with Gasteiger partial charge in [0.25, 0.3) is 5.91 Å². The van der Waals surface area contributed by atoms with E-state index in [-0.39, 0.29) is 11.3 Å². The Kier molecular flexibility index (Phi) is 5.81. The zero-order valence-electron chi connectivity index (χ0n) is 15.0. The highest BCUT2D eigenvalue weighted by Gasteiger charge is 2.15. The molecule has 3 aromatic rings. The molecule has 0 fully saturated rings. The predicted octanol–water partition coefficient (Wildman–Crippen LogP) is 2.66. The summed E-state index contributed by atoms with van der Waals surface area (Å²) in [5.41, 5.74) is 1.60. The Labute approximate surface area is 160 Å². The minimum atomic E-state index is -0.637. The van der Waals surface area contributed by atoms with Gasteiger partial charge in [-0.3, -0.25) is 4.79 Å². The van der Waals surface area contributed by atoms with E-state index in [0.717, 1.165) is 5.56 Å². The summed E-state index contributed by atoms with van der Waals surface area (Å²) in [5.74, 6) is -1.10. The highest BCUT2D eigenvalue weighted by Crippen LogP contribution is 2.17. The number of H-pyrrole nitrogens is 1. The Hall–Kier alpha value is -3.94. The maximum absolute atomic E-state index is 12.1. The number of amides is 1. The van der Waals surface area contributed by atoms with E-state index < -0.39 is 24.5 Å². The van der Waals surface area contributed by atoms with Crippen molar-refractivity contribution in [3.8, 4) is 11.4 Å². The lowest BCUT2D eigenvalue weighted by Gasteiger charge is -2.10. The molecule has 8 heteroatoms. The van der Waals surface area contributed by atoms with Crippen LogP contribution in [0.5, 0.6) is 0 Å². The predicted molar refractivity (Wildman–Crippen MR) is 101 cm³/mol. The number of esters is 2. The summed E-state index contributed by atoms with van der Waals surface area (Å²) < 4.78 is 9.70. The van der Waals surface area contributed by atoms with Gasteiger partial charge in [-0.15, -0.1) is 0 Å². The molecule has 0 spiro atoms. The van der Waals surface area contributed by atoms with Gasteiger partial charge in [-0.25, -0.2) is 14.6 Å². The van der Waals surface area contributed by atoms with Crippen LogP contribution in [0.2, 0.25) is 0 Å². The second-order valence-electron chi connectivity index (χ2n) is 5.68. The standard InChI is InChI=1S/C20H17N3O5/c1-27-20(26)15-4-2-3-5-16(15)23-17(24)12-28-19(25)14-8-6-13(7-9-14)18-21-10-11-22-18/h2-11H,12H2,1H3,(H,21,22)(H,23,24). The lowest BCUT2D eigenvalue weighted by Crippen LogP contribution is -2.22. The average molecular weight is 379 g/mol. The lowest BCUT2D eigenvalue weighted by molar-refractivity contribution is -0.119. The normalized spacial score (nSPS) is 10.2. The number of hydrogen-bond donors (Lipinski definition) is 2. The van der Waals surface area contributed by atoms with Crippen molar-refractivity contribution in [2.75, 3.05) is 19.0 Å². The van der Waals surface area contributed by atoms with Gasteiger partial charge in [0.2, 0.25) is 0 Å². The highest BCUT2D eigenvalue weighted by atomic mass is 16.5. The van der Waals surface area contributed by atoms with Gasteiger partial charge in [-0.2, -0.15) is 0 Å². The van der Waals surface area contributed by atoms with Crippen LogP contribution in [0.3, 0.4) is 0 Å². The van der Waals surface area contributed by atoms with Gasteiger partial charge >= 0.3 is 11.9 Å². The molecule has 0 saturated heterocycles. The third-order valence-corrected chi connectivity index (χ3v) is 3.83. The van der Waals surface area contributed by atoms with Gasteiger partial charge in [0.05, 0.1) is 23.9 Å². The van der Waals surface area contributed by atoms with Crippen LogP contribution in [0.4, 0.5) is 5.69 Å². The van der Waals surface area contributed by atoms with Crippen molar-refractivity contribution >= 4 is 23.5 Å². The number of aromatic nitrogens is 2. The number of aromatic amines is 1. The number of carbonyl (C=O) groups excluding carboxylic acids is 3. The van der Waals surface area contributed by atoms with Crippen LogP contribution in [0.1, 0.15) is 20.7 Å². The Balaban J connectivity index is 1.58. The number of nitrogens with zero attached hydrogens (tertiary/aromatic N) is 1. The quantitative estimate of drug-likeness (QED) is 0.637. The van der Waals surface area contributed by atoms with E-state index in [9.17, 15) is 14.4 Å². The molecule has 0 saturated carbocycles. The van der Waals surface area contributed by atoms with Gasteiger partial charge in [-0.05, 0) is 24.3 Å². The molecule has 3 rings (SSSR count). The van der Waals surface area contributed by atoms with E-state index >= 15 is 0 Å². The minimum Gasteiger partial charge on any atom is -0.465 e. The summed E-state index contributed by atoms with van der Waals surface area (Å²) in [6.07, 6.45) is 3.34. The van der Waals surface area contributed by atoms with Gasteiger partial charge in [0, 0.05) is 18.0 Å². The van der Waals surface area contributed by atoms with Gasteiger partial charge in [-0.1, -0.05) is 24.3 Å². The van der Waals surface area contributed by atoms with Gasteiger partial charge in [0.15, 0.2) is 6.61 Å². The molecule has 0 aliphatic heterocycles. The van der Waals surface area contributed by atoms with E-state index in [1.54, 1.807) is 54.9 Å². The van der Waals surface area contributed by atoms with Crippen molar-refractivity contribution in [2.45, 2.75) is 0 Å². The molecule has 1 amide bonds. The van der Waals surface area contributed by atoms with Crippen molar-refractivity contribution in [3.05, 3.63) is 72.1 Å². The second kappa shape index (κ2) is 8.63. The number of rotatable bonds is 6. The largest absolute Gasteiger partial charge is 0.465 e. The van der Waals surface area contributed by atoms with Crippen molar-refractivity contribution < 1.29 is 23.9 Å². The molecule has 0 atom stereocenters. The molecule has 142 valence electrons. The van der Waals surface area contributed by atoms with Crippen LogP contribution in [-0.2, 0) is 14.3 Å². The van der Waals surface area contributed by atoms with Gasteiger partial charge < -0.3 is 19.8 Å². The molecule has 0 bridgehead atoms. The van der Waals surface area contributed by atoms with Gasteiger partial charge in [0.1, 0.15) is 5.82 Å². The molecular formula is C20H17N3O5. The SMILES string of the molecule is COC(=O)c1ccccc1NC(=O)COC(=O)c1ccc(-c2ncc[nH]2)cc1. The van der Waals surface area contributed by atoms with E-state index in [1.165, 1.54) is 13.2 Å². The fourth-order valence-corrected chi connectivity index (χ4v) is 2.47. The number of anilines is 1. The first kappa shape index (κ1) is 18.8. The number of para-hydroxylation sites is 1. The summed E-state index contributed by atoms with van der Waals surface area (Å²) in [5, 5.41) is 2.53. The van der Waals surface area contributed by atoms with Crippen LogP contribution in [0.15, 0.2) is 60.9 Å². The molecule has 1 aromatic heterocycles. The molecule has 0 aliphatic rings. The number of benzene rings is 2. The third-order valence-electron chi connectivity index (χ3n) is 3.83. The van der Waals surface area contributed by atoms with Crippen LogP contribution in [-0.4, -0.2) is 41.5 Å². The molecule has 28 heavy (non-hydrogen) atoms. The van der Waals surface area contributed by atoms with Crippen LogP contribution in [0.25, 0.3) is 11.4 Å². The Morgan fingerprint density at radius 1 is 1.04 bits per heavy atom. The summed E-state index contributed by atoms with van der Waals surface area (Å²) >= 11 is 0. The molecule has 1 heterocycles. The second-order valence-corrected chi connectivity index (χ2v) is 5.68. The zero-order chi connectivity index (χ0) is 19.9. The Morgan fingerprint density at radius 3 is 2.46 bits per heavy atom.